The van der Waals surface area contributed by atoms with Gasteiger partial charge in [-0.1, -0.05) is 32.0 Å². The molecular weight excluding hydrogens is 394 g/mol. The van der Waals surface area contributed by atoms with Gasteiger partial charge in [0, 0.05) is 17.8 Å². The minimum atomic E-state index is -0.954. The SMILES string of the molecule is CC[C@H](C)c1ccccc1NC(=O)[C@H](C)OC(=O)CCc1c(C)[nH]c(=O)c(C#N)c1C. The van der Waals surface area contributed by atoms with Gasteiger partial charge in [-0.3, -0.25) is 14.4 Å². The Balaban J connectivity index is 2.00. The summed E-state index contributed by atoms with van der Waals surface area (Å²) in [6, 6.07) is 9.48. The Morgan fingerprint density at radius 2 is 1.90 bits per heavy atom. The Morgan fingerprint density at radius 3 is 2.55 bits per heavy atom. The van der Waals surface area contributed by atoms with Crippen LogP contribution >= 0.6 is 0 Å². The van der Waals surface area contributed by atoms with Crippen LogP contribution in [-0.4, -0.2) is 23.0 Å². The summed E-state index contributed by atoms with van der Waals surface area (Å²) in [7, 11) is 0. The Kier molecular flexibility index (Phi) is 8.14. The van der Waals surface area contributed by atoms with Gasteiger partial charge in [-0.05, 0) is 62.3 Å². The molecule has 1 amide bonds. The van der Waals surface area contributed by atoms with Crippen molar-refractivity contribution in [3.8, 4) is 6.07 Å². The van der Waals surface area contributed by atoms with Crippen LogP contribution in [0.4, 0.5) is 5.69 Å². The first-order chi connectivity index (χ1) is 14.7. The van der Waals surface area contributed by atoms with Gasteiger partial charge in [-0.2, -0.15) is 5.26 Å². The summed E-state index contributed by atoms with van der Waals surface area (Å²) in [5.41, 5.74) is 3.26. The molecule has 2 rings (SSSR count). The normalized spacial score (nSPS) is 12.5. The van der Waals surface area contributed by atoms with Crippen LogP contribution in [0.1, 0.15) is 67.5 Å². The predicted octanol–water partition coefficient (Wildman–Crippen LogP) is 3.88. The molecule has 0 radical (unpaired) electrons. The quantitative estimate of drug-likeness (QED) is 0.626. The first kappa shape index (κ1) is 23.9. The predicted molar refractivity (Wildman–Crippen MR) is 119 cm³/mol. The van der Waals surface area contributed by atoms with Crippen molar-refractivity contribution in [2.24, 2.45) is 0 Å². The smallest absolute Gasteiger partial charge is 0.306 e. The summed E-state index contributed by atoms with van der Waals surface area (Å²) in [6.45, 7) is 9.11. The number of hydrogen-bond acceptors (Lipinski definition) is 5. The summed E-state index contributed by atoms with van der Waals surface area (Å²) in [5.74, 6) is -0.634. The molecule has 0 spiro atoms. The number of nitrogens with one attached hydrogen (secondary N) is 2. The van der Waals surface area contributed by atoms with Gasteiger partial charge in [0.25, 0.3) is 11.5 Å². The number of rotatable bonds is 8. The van der Waals surface area contributed by atoms with Gasteiger partial charge in [0.2, 0.25) is 0 Å². The Bertz CT molecular complexity index is 1070. The molecule has 164 valence electrons. The second-order valence-electron chi connectivity index (χ2n) is 7.69. The van der Waals surface area contributed by atoms with Crippen LogP contribution in [0.25, 0.3) is 0 Å². The number of para-hydroxylation sites is 1. The van der Waals surface area contributed by atoms with E-state index in [4.69, 9.17) is 10.00 Å². The first-order valence-corrected chi connectivity index (χ1v) is 10.4. The zero-order valence-corrected chi connectivity index (χ0v) is 18.7. The molecule has 0 aliphatic heterocycles. The standard InChI is InChI=1S/C24H29N3O4/c1-6-14(2)18-9-7-8-10-21(18)27-23(29)17(5)31-22(28)12-11-19-15(3)20(13-25)24(30)26-16(19)4/h7-10,14,17H,6,11-12H2,1-5H3,(H,26,30)(H,27,29)/t14-,17-/m0/s1. The number of aromatic amines is 1. The molecule has 2 atom stereocenters. The van der Waals surface area contributed by atoms with E-state index in [1.807, 2.05) is 30.3 Å². The molecule has 1 heterocycles. The number of carbonyl (C=O) groups is 2. The molecule has 1 aromatic carbocycles. The number of pyridine rings is 1. The lowest BCUT2D eigenvalue weighted by molar-refractivity contribution is -0.153. The third-order valence-electron chi connectivity index (χ3n) is 5.54. The fourth-order valence-electron chi connectivity index (χ4n) is 3.45. The van der Waals surface area contributed by atoms with E-state index < -0.39 is 23.5 Å². The number of aromatic nitrogens is 1. The molecule has 31 heavy (non-hydrogen) atoms. The number of hydrogen-bond donors (Lipinski definition) is 2. The van der Waals surface area contributed by atoms with Gasteiger partial charge in [-0.25, -0.2) is 0 Å². The van der Waals surface area contributed by atoms with Crippen LogP contribution in [0.3, 0.4) is 0 Å². The lowest BCUT2D eigenvalue weighted by Gasteiger charge is -2.18. The minimum Gasteiger partial charge on any atom is -0.453 e. The number of ether oxygens (including phenoxy) is 1. The number of H-pyrrole nitrogens is 1. The number of anilines is 1. The molecule has 0 saturated heterocycles. The lowest BCUT2D eigenvalue weighted by atomic mass is 9.97. The highest BCUT2D eigenvalue weighted by atomic mass is 16.5. The molecule has 1 aromatic heterocycles. The van der Waals surface area contributed by atoms with Gasteiger partial charge in [0.05, 0.1) is 0 Å². The Morgan fingerprint density at radius 1 is 1.23 bits per heavy atom. The van der Waals surface area contributed by atoms with Crippen LogP contribution in [-0.2, 0) is 20.7 Å². The number of nitrogens with zero attached hydrogens (tertiary/aromatic N) is 1. The summed E-state index contributed by atoms with van der Waals surface area (Å²) in [6.07, 6.45) is 0.311. The van der Waals surface area contributed by atoms with E-state index >= 15 is 0 Å². The van der Waals surface area contributed by atoms with Crippen molar-refractivity contribution in [1.82, 2.24) is 4.98 Å². The van der Waals surface area contributed by atoms with E-state index in [1.165, 1.54) is 6.92 Å². The minimum absolute atomic E-state index is 0.0274. The van der Waals surface area contributed by atoms with Crippen molar-refractivity contribution < 1.29 is 14.3 Å². The molecule has 0 aliphatic carbocycles. The van der Waals surface area contributed by atoms with Gasteiger partial charge >= 0.3 is 5.97 Å². The van der Waals surface area contributed by atoms with Crippen molar-refractivity contribution >= 4 is 17.6 Å². The third kappa shape index (κ3) is 5.82. The van der Waals surface area contributed by atoms with Crippen molar-refractivity contribution in [3.05, 3.63) is 62.6 Å². The summed E-state index contributed by atoms with van der Waals surface area (Å²) in [5, 5.41) is 12.0. The highest BCUT2D eigenvalue weighted by Crippen LogP contribution is 2.26. The van der Waals surface area contributed by atoms with Gasteiger partial charge in [0.1, 0.15) is 11.6 Å². The molecule has 7 heteroatoms. The second-order valence-corrected chi connectivity index (χ2v) is 7.69. The van der Waals surface area contributed by atoms with Crippen molar-refractivity contribution in [2.45, 2.75) is 65.9 Å². The average Bonchev–Trinajstić information content (AvgIpc) is 2.73. The number of carbonyl (C=O) groups excluding carboxylic acids is 2. The maximum atomic E-state index is 12.6. The topological polar surface area (TPSA) is 112 Å². The zero-order valence-electron chi connectivity index (χ0n) is 18.7. The summed E-state index contributed by atoms with van der Waals surface area (Å²) < 4.78 is 5.30. The summed E-state index contributed by atoms with van der Waals surface area (Å²) in [4.78, 5) is 39.3. The van der Waals surface area contributed by atoms with E-state index in [9.17, 15) is 14.4 Å². The van der Waals surface area contributed by atoms with Crippen molar-refractivity contribution in [3.63, 3.8) is 0 Å². The van der Waals surface area contributed by atoms with Crippen LogP contribution in [0, 0.1) is 25.2 Å². The van der Waals surface area contributed by atoms with Gasteiger partial charge in [-0.15, -0.1) is 0 Å². The lowest BCUT2D eigenvalue weighted by Crippen LogP contribution is -2.30. The average molecular weight is 424 g/mol. The zero-order chi connectivity index (χ0) is 23.1. The highest BCUT2D eigenvalue weighted by molar-refractivity contribution is 5.95. The van der Waals surface area contributed by atoms with Crippen LogP contribution < -0.4 is 10.9 Å². The number of benzene rings is 1. The number of amides is 1. The van der Waals surface area contributed by atoms with Crippen LogP contribution in [0.15, 0.2) is 29.1 Å². The monoisotopic (exact) mass is 423 g/mol. The molecule has 2 aromatic rings. The Labute approximate surface area is 182 Å². The van der Waals surface area contributed by atoms with E-state index in [2.05, 4.69) is 24.1 Å². The first-order valence-electron chi connectivity index (χ1n) is 10.4. The molecule has 0 unspecified atom stereocenters. The van der Waals surface area contributed by atoms with Crippen LogP contribution in [0.2, 0.25) is 0 Å². The van der Waals surface area contributed by atoms with Crippen LogP contribution in [0.5, 0.6) is 0 Å². The molecule has 0 fully saturated rings. The maximum Gasteiger partial charge on any atom is 0.306 e. The molecule has 0 bridgehead atoms. The fraction of sp³-hybridized carbons (Fsp3) is 0.417. The van der Waals surface area contributed by atoms with E-state index in [0.717, 1.165) is 17.5 Å². The molecule has 0 aliphatic rings. The molecular formula is C24H29N3O4. The second kappa shape index (κ2) is 10.6. The van der Waals surface area contributed by atoms with E-state index in [1.54, 1.807) is 13.8 Å². The fourth-order valence-corrected chi connectivity index (χ4v) is 3.45. The van der Waals surface area contributed by atoms with Crippen molar-refractivity contribution in [2.75, 3.05) is 5.32 Å². The summed E-state index contributed by atoms with van der Waals surface area (Å²) >= 11 is 0. The Hall–Kier alpha value is -3.40. The van der Waals surface area contributed by atoms with Gasteiger partial charge < -0.3 is 15.0 Å². The largest absolute Gasteiger partial charge is 0.453 e. The maximum absolute atomic E-state index is 12.6. The molecule has 7 nitrogen and oxygen atoms in total. The number of esters is 1. The van der Waals surface area contributed by atoms with E-state index in [0.29, 0.717) is 23.4 Å². The van der Waals surface area contributed by atoms with Gasteiger partial charge in [0.15, 0.2) is 6.10 Å². The highest BCUT2D eigenvalue weighted by Gasteiger charge is 2.20. The number of nitriles is 1. The molecule has 0 saturated carbocycles. The van der Waals surface area contributed by atoms with E-state index in [-0.39, 0.29) is 17.9 Å². The third-order valence-corrected chi connectivity index (χ3v) is 5.54. The number of aryl methyl sites for hydroxylation is 1. The van der Waals surface area contributed by atoms with Crippen molar-refractivity contribution in [1.29, 1.82) is 5.26 Å². The molecule has 2 N–H and O–H groups in total.